The summed E-state index contributed by atoms with van der Waals surface area (Å²) >= 11 is 3.46. The van der Waals surface area contributed by atoms with Gasteiger partial charge in [0.15, 0.2) is 0 Å². The van der Waals surface area contributed by atoms with E-state index in [0.29, 0.717) is 12.3 Å². The molecule has 0 aliphatic carbocycles. The molecular weight excluding hydrogens is 304 g/mol. The van der Waals surface area contributed by atoms with Gasteiger partial charge in [0.2, 0.25) is 5.91 Å². The summed E-state index contributed by atoms with van der Waals surface area (Å²) in [5.41, 5.74) is 2.02. The zero-order valence-electron chi connectivity index (χ0n) is 11.6. The molecule has 0 unspecified atom stereocenters. The Labute approximate surface area is 123 Å². The molecule has 0 saturated carbocycles. The third-order valence-corrected chi connectivity index (χ3v) is 4.64. The lowest BCUT2D eigenvalue weighted by Gasteiger charge is -2.28. The average molecular weight is 325 g/mol. The molecule has 0 aromatic heterocycles. The van der Waals surface area contributed by atoms with Crippen molar-refractivity contribution in [2.45, 2.75) is 26.2 Å². The lowest BCUT2D eigenvalue weighted by atomic mass is 9.93. The smallest absolute Gasteiger partial charge is 0.224 e. The highest BCUT2D eigenvalue weighted by molar-refractivity contribution is 9.10. The Kier molecular flexibility index (Phi) is 4.99. The molecule has 0 bridgehead atoms. The number of carbonyl (C=O) groups is 1. The van der Waals surface area contributed by atoms with Crippen molar-refractivity contribution < 1.29 is 4.79 Å². The number of hydrogen-bond donors (Lipinski definition) is 1. The third-order valence-electron chi connectivity index (χ3n) is 3.75. The van der Waals surface area contributed by atoms with Gasteiger partial charge in [0.25, 0.3) is 0 Å². The van der Waals surface area contributed by atoms with Crippen molar-refractivity contribution in [3.63, 3.8) is 0 Å². The van der Waals surface area contributed by atoms with Crippen molar-refractivity contribution in [2.75, 3.05) is 25.5 Å². The van der Waals surface area contributed by atoms with E-state index in [2.05, 4.69) is 33.2 Å². The van der Waals surface area contributed by atoms with Crippen molar-refractivity contribution in [2.24, 2.45) is 5.92 Å². The monoisotopic (exact) mass is 324 g/mol. The van der Waals surface area contributed by atoms with Crippen LogP contribution in [0, 0.1) is 12.8 Å². The molecule has 1 heterocycles. The van der Waals surface area contributed by atoms with Crippen LogP contribution in [0.15, 0.2) is 22.7 Å². The number of hydrogen-bond acceptors (Lipinski definition) is 2. The van der Waals surface area contributed by atoms with E-state index in [1.807, 2.05) is 25.1 Å². The molecule has 1 aliphatic rings. The summed E-state index contributed by atoms with van der Waals surface area (Å²) in [6, 6.07) is 5.90. The number of piperidine rings is 1. The first-order valence-electron chi connectivity index (χ1n) is 6.79. The van der Waals surface area contributed by atoms with Crippen molar-refractivity contribution in [3.8, 4) is 0 Å². The highest BCUT2D eigenvalue weighted by Gasteiger charge is 2.19. The molecule has 19 heavy (non-hydrogen) atoms. The number of carbonyl (C=O) groups excluding carboxylic acids is 1. The molecule has 4 heteroatoms. The normalized spacial score (nSPS) is 17.4. The first-order valence-corrected chi connectivity index (χ1v) is 7.58. The fourth-order valence-corrected chi connectivity index (χ4v) is 2.71. The van der Waals surface area contributed by atoms with Gasteiger partial charge < -0.3 is 10.2 Å². The minimum atomic E-state index is 0.135. The van der Waals surface area contributed by atoms with Crippen LogP contribution < -0.4 is 5.32 Å². The van der Waals surface area contributed by atoms with E-state index in [4.69, 9.17) is 0 Å². The summed E-state index contributed by atoms with van der Waals surface area (Å²) in [5, 5.41) is 3.00. The number of rotatable bonds is 3. The van der Waals surface area contributed by atoms with Crippen LogP contribution in [0.1, 0.15) is 24.8 Å². The minimum Gasteiger partial charge on any atom is -0.326 e. The van der Waals surface area contributed by atoms with Gasteiger partial charge in [0, 0.05) is 16.6 Å². The number of aryl methyl sites for hydroxylation is 1. The van der Waals surface area contributed by atoms with E-state index in [-0.39, 0.29) is 5.91 Å². The fourth-order valence-electron chi connectivity index (χ4n) is 2.46. The number of halogens is 1. The van der Waals surface area contributed by atoms with E-state index in [0.717, 1.165) is 41.7 Å². The molecule has 1 amide bonds. The molecule has 1 aromatic rings. The number of nitrogens with one attached hydrogen (secondary N) is 1. The second kappa shape index (κ2) is 6.53. The largest absolute Gasteiger partial charge is 0.326 e. The highest BCUT2D eigenvalue weighted by Crippen LogP contribution is 2.22. The lowest BCUT2D eigenvalue weighted by Crippen LogP contribution is -2.31. The molecule has 2 rings (SSSR count). The fraction of sp³-hybridized carbons (Fsp3) is 0.533. The molecule has 1 aliphatic heterocycles. The zero-order chi connectivity index (χ0) is 13.8. The van der Waals surface area contributed by atoms with Crippen LogP contribution in [-0.4, -0.2) is 30.9 Å². The molecule has 1 fully saturated rings. The Morgan fingerprint density at radius 1 is 1.42 bits per heavy atom. The van der Waals surface area contributed by atoms with Gasteiger partial charge in [-0.3, -0.25) is 4.79 Å². The Bertz CT molecular complexity index is 453. The van der Waals surface area contributed by atoms with Crippen molar-refractivity contribution >= 4 is 27.5 Å². The van der Waals surface area contributed by atoms with Gasteiger partial charge in [0.1, 0.15) is 0 Å². The second-order valence-corrected chi connectivity index (χ2v) is 6.32. The minimum absolute atomic E-state index is 0.135. The zero-order valence-corrected chi connectivity index (χ0v) is 13.2. The van der Waals surface area contributed by atoms with Crippen LogP contribution in [0.2, 0.25) is 0 Å². The van der Waals surface area contributed by atoms with Gasteiger partial charge in [0.05, 0.1) is 0 Å². The second-order valence-electron chi connectivity index (χ2n) is 5.46. The van der Waals surface area contributed by atoms with Gasteiger partial charge in [-0.1, -0.05) is 15.9 Å². The maximum absolute atomic E-state index is 12.0. The summed E-state index contributed by atoms with van der Waals surface area (Å²) in [4.78, 5) is 14.3. The van der Waals surface area contributed by atoms with E-state index >= 15 is 0 Å². The van der Waals surface area contributed by atoms with Gasteiger partial charge in [-0.05, 0) is 69.6 Å². The van der Waals surface area contributed by atoms with Gasteiger partial charge in [-0.2, -0.15) is 0 Å². The Balaban J connectivity index is 1.85. The molecule has 3 nitrogen and oxygen atoms in total. The molecular formula is C15H21BrN2O. The van der Waals surface area contributed by atoms with Crippen molar-refractivity contribution in [1.82, 2.24) is 4.90 Å². The summed E-state index contributed by atoms with van der Waals surface area (Å²) < 4.78 is 1.07. The molecule has 104 valence electrons. The maximum atomic E-state index is 12.0. The van der Waals surface area contributed by atoms with Crippen LogP contribution in [0.3, 0.4) is 0 Å². The standard InChI is InChI=1S/C15H21BrN2O/c1-11-9-13(3-4-14(11)16)17-15(19)10-12-5-7-18(2)8-6-12/h3-4,9,12H,5-8,10H2,1-2H3,(H,17,19). The predicted molar refractivity (Wildman–Crippen MR) is 82.3 cm³/mol. The van der Waals surface area contributed by atoms with Gasteiger partial charge in [-0.25, -0.2) is 0 Å². The lowest BCUT2D eigenvalue weighted by molar-refractivity contribution is -0.117. The highest BCUT2D eigenvalue weighted by atomic mass is 79.9. The number of amides is 1. The predicted octanol–water partition coefficient (Wildman–Crippen LogP) is 3.43. The molecule has 0 atom stereocenters. The van der Waals surface area contributed by atoms with Crippen LogP contribution in [0.25, 0.3) is 0 Å². The maximum Gasteiger partial charge on any atom is 0.224 e. The number of likely N-dealkylation sites (tertiary alicyclic amines) is 1. The van der Waals surface area contributed by atoms with Crippen molar-refractivity contribution in [1.29, 1.82) is 0 Å². The average Bonchev–Trinajstić information content (AvgIpc) is 2.37. The van der Waals surface area contributed by atoms with E-state index < -0.39 is 0 Å². The number of nitrogens with zero attached hydrogens (tertiary/aromatic N) is 1. The molecule has 1 N–H and O–H groups in total. The topological polar surface area (TPSA) is 32.3 Å². The Hall–Kier alpha value is -0.870. The summed E-state index contributed by atoms with van der Waals surface area (Å²) in [6.07, 6.45) is 2.90. The Morgan fingerprint density at radius 2 is 2.11 bits per heavy atom. The van der Waals surface area contributed by atoms with E-state index in [1.165, 1.54) is 0 Å². The first-order chi connectivity index (χ1) is 9.04. The SMILES string of the molecule is Cc1cc(NC(=O)CC2CCN(C)CC2)ccc1Br. The van der Waals surface area contributed by atoms with Crippen LogP contribution in [0.5, 0.6) is 0 Å². The first kappa shape index (κ1) is 14.5. The summed E-state index contributed by atoms with van der Waals surface area (Å²) in [7, 11) is 2.14. The van der Waals surface area contributed by atoms with Crippen molar-refractivity contribution in [3.05, 3.63) is 28.2 Å². The molecule has 0 radical (unpaired) electrons. The number of benzene rings is 1. The summed E-state index contributed by atoms with van der Waals surface area (Å²) in [5.74, 6) is 0.670. The summed E-state index contributed by atoms with van der Waals surface area (Å²) in [6.45, 7) is 4.24. The quantitative estimate of drug-likeness (QED) is 0.923. The van der Waals surface area contributed by atoms with E-state index in [9.17, 15) is 4.79 Å². The van der Waals surface area contributed by atoms with Crippen LogP contribution >= 0.6 is 15.9 Å². The molecule has 1 aromatic carbocycles. The van der Waals surface area contributed by atoms with Crippen LogP contribution in [-0.2, 0) is 4.79 Å². The molecule has 1 saturated heterocycles. The van der Waals surface area contributed by atoms with Gasteiger partial charge in [-0.15, -0.1) is 0 Å². The molecule has 0 spiro atoms. The van der Waals surface area contributed by atoms with E-state index in [1.54, 1.807) is 0 Å². The Morgan fingerprint density at radius 3 is 2.74 bits per heavy atom. The third kappa shape index (κ3) is 4.32. The van der Waals surface area contributed by atoms with Gasteiger partial charge >= 0.3 is 0 Å². The number of anilines is 1. The van der Waals surface area contributed by atoms with Crippen LogP contribution in [0.4, 0.5) is 5.69 Å².